The van der Waals surface area contributed by atoms with Crippen LogP contribution in [0.2, 0.25) is 0 Å². The van der Waals surface area contributed by atoms with E-state index in [0.29, 0.717) is 5.75 Å². The minimum Gasteiger partial charge on any atom is -0.507 e. The Morgan fingerprint density at radius 2 is 1.92 bits per heavy atom. The van der Waals surface area contributed by atoms with Gasteiger partial charge in [-0.15, -0.1) is 0 Å². The summed E-state index contributed by atoms with van der Waals surface area (Å²) in [6.45, 7) is 0. The van der Waals surface area contributed by atoms with Gasteiger partial charge in [0, 0.05) is 5.56 Å². The van der Waals surface area contributed by atoms with Gasteiger partial charge in [0.1, 0.15) is 5.75 Å². The van der Waals surface area contributed by atoms with E-state index in [1.54, 1.807) is 6.07 Å². The van der Waals surface area contributed by atoms with Crippen LogP contribution in [-0.4, -0.2) is 10.6 Å². The maximum absolute atomic E-state index is 9.50. The van der Waals surface area contributed by atoms with E-state index < -0.39 is 0 Å². The molecule has 3 N–H and O–H groups in total. The van der Waals surface area contributed by atoms with Crippen molar-refractivity contribution in [1.29, 1.82) is 0 Å². The van der Waals surface area contributed by atoms with Gasteiger partial charge in [0.25, 0.3) is 0 Å². The molecule has 0 bridgehead atoms. The van der Waals surface area contributed by atoms with Crippen molar-refractivity contribution >= 4 is 5.57 Å². The molecule has 0 spiro atoms. The number of hydrogen-bond acceptors (Lipinski definition) is 1. The van der Waals surface area contributed by atoms with Crippen LogP contribution in [0.1, 0.15) is 12.0 Å². The zero-order valence-electron chi connectivity index (χ0n) is 7.20. The summed E-state index contributed by atoms with van der Waals surface area (Å²) in [6, 6.07) is 7.43. The first-order valence-corrected chi connectivity index (χ1v) is 4.02. The quantitative estimate of drug-likeness (QED) is 0.698. The molecular weight excluding hydrogens is 164 g/mol. The minimum atomic E-state index is 0. The molecule has 13 heavy (non-hydrogen) atoms. The number of rotatable bonds is 1. The fourth-order valence-corrected chi connectivity index (χ4v) is 1.39. The van der Waals surface area contributed by atoms with Crippen molar-refractivity contribution in [3.8, 4) is 5.75 Å². The van der Waals surface area contributed by atoms with Crippen LogP contribution in [0.4, 0.5) is 0 Å². The van der Waals surface area contributed by atoms with E-state index in [9.17, 15) is 5.11 Å². The molecule has 0 aliphatic heterocycles. The number of para-hydroxylation sites is 1. The molecular formula is C11H12O2. The van der Waals surface area contributed by atoms with E-state index in [1.165, 1.54) is 5.57 Å². The SMILES string of the molecule is O.Oc1ccccc1C1=CC=CC1. The predicted molar refractivity (Wildman–Crippen MR) is 53.5 cm³/mol. The van der Waals surface area contributed by atoms with Crippen LogP contribution in [0, 0.1) is 0 Å². The number of benzene rings is 1. The Balaban J connectivity index is 0.000000845. The first-order valence-electron chi connectivity index (χ1n) is 4.02. The topological polar surface area (TPSA) is 51.7 Å². The average molecular weight is 176 g/mol. The van der Waals surface area contributed by atoms with Crippen molar-refractivity contribution in [2.24, 2.45) is 0 Å². The number of phenols is 1. The lowest BCUT2D eigenvalue weighted by atomic mass is 10.0. The van der Waals surface area contributed by atoms with Gasteiger partial charge >= 0.3 is 0 Å². The largest absolute Gasteiger partial charge is 0.507 e. The fraction of sp³-hybridized carbons (Fsp3) is 0.0909. The fourth-order valence-electron chi connectivity index (χ4n) is 1.39. The van der Waals surface area contributed by atoms with Gasteiger partial charge in [-0.05, 0) is 18.1 Å². The molecule has 1 aliphatic carbocycles. The maximum Gasteiger partial charge on any atom is 0.123 e. The van der Waals surface area contributed by atoms with E-state index in [0.717, 1.165) is 12.0 Å². The number of hydrogen-bond donors (Lipinski definition) is 1. The molecule has 2 heteroatoms. The Hall–Kier alpha value is -1.54. The molecule has 0 atom stereocenters. The zero-order chi connectivity index (χ0) is 8.39. The minimum absolute atomic E-state index is 0. The van der Waals surface area contributed by atoms with Gasteiger partial charge in [-0.2, -0.15) is 0 Å². The highest BCUT2D eigenvalue weighted by Crippen LogP contribution is 2.29. The summed E-state index contributed by atoms with van der Waals surface area (Å²) in [5.74, 6) is 0.368. The van der Waals surface area contributed by atoms with Crippen molar-refractivity contribution in [3.05, 3.63) is 48.1 Å². The second-order valence-corrected chi connectivity index (χ2v) is 2.84. The summed E-state index contributed by atoms with van der Waals surface area (Å²) >= 11 is 0. The molecule has 0 radical (unpaired) electrons. The van der Waals surface area contributed by atoms with E-state index in [-0.39, 0.29) is 5.48 Å². The summed E-state index contributed by atoms with van der Waals surface area (Å²) in [6.07, 6.45) is 7.07. The molecule has 0 fully saturated rings. The van der Waals surface area contributed by atoms with Crippen molar-refractivity contribution in [2.75, 3.05) is 0 Å². The van der Waals surface area contributed by atoms with Gasteiger partial charge in [-0.3, -0.25) is 0 Å². The molecule has 0 amide bonds. The third-order valence-corrected chi connectivity index (χ3v) is 2.02. The standard InChI is InChI=1S/C11H10O.H2O/c12-11-8-4-3-7-10(11)9-5-1-2-6-9;/h1-5,7-8,12H,6H2;1H2. The van der Waals surface area contributed by atoms with Gasteiger partial charge in [0.2, 0.25) is 0 Å². The third kappa shape index (κ3) is 1.79. The monoisotopic (exact) mass is 176 g/mol. The van der Waals surface area contributed by atoms with Crippen LogP contribution in [0.15, 0.2) is 42.5 Å². The van der Waals surface area contributed by atoms with Gasteiger partial charge in [0.05, 0.1) is 0 Å². The number of allylic oxidation sites excluding steroid dienone is 4. The first kappa shape index (κ1) is 9.55. The van der Waals surface area contributed by atoms with Gasteiger partial charge < -0.3 is 10.6 Å². The lowest BCUT2D eigenvalue weighted by molar-refractivity contribution is 0.473. The molecule has 0 unspecified atom stereocenters. The van der Waals surface area contributed by atoms with Crippen LogP contribution < -0.4 is 0 Å². The molecule has 68 valence electrons. The summed E-state index contributed by atoms with van der Waals surface area (Å²) < 4.78 is 0. The number of aromatic hydroxyl groups is 1. The van der Waals surface area contributed by atoms with Crippen LogP contribution in [0.3, 0.4) is 0 Å². The second-order valence-electron chi connectivity index (χ2n) is 2.84. The predicted octanol–water partition coefficient (Wildman–Crippen LogP) is 1.91. The molecule has 1 aliphatic rings. The van der Waals surface area contributed by atoms with Crippen LogP contribution in [0.25, 0.3) is 5.57 Å². The van der Waals surface area contributed by atoms with E-state index in [1.807, 2.05) is 30.4 Å². The van der Waals surface area contributed by atoms with E-state index >= 15 is 0 Å². The van der Waals surface area contributed by atoms with Crippen LogP contribution >= 0.6 is 0 Å². The molecule has 1 aromatic rings. The molecule has 1 aromatic carbocycles. The molecule has 0 aromatic heterocycles. The Morgan fingerprint density at radius 3 is 2.54 bits per heavy atom. The molecule has 0 heterocycles. The Morgan fingerprint density at radius 1 is 1.15 bits per heavy atom. The zero-order valence-corrected chi connectivity index (χ0v) is 7.20. The molecule has 2 nitrogen and oxygen atoms in total. The van der Waals surface area contributed by atoms with Crippen LogP contribution in [-0.2, 0) is 0 Å². The van der Waals surface area contributed by atoms with Crippen molar-refractivity contribution in [1.82, 2.24) is 0 Å². The summed E-state index contributed by atoms with van der Waals surface area (Å²) in [5.41, 5.74) is 2.13. The smallest absolute Gasteiger partial charge is 0.123 e. The van der Waals surface area contributed by atoms with Crippen molar-refractivity contribution in [2.45, 2.75) is 6.42 Å². The van der Waals surface area contributed by atoms with Gasteiger partial charge in [-0.25, -0.2) is 0 Å². The first-order chi connectivity index (χ1) is 5.88. The van der Waals surface area contributed by atoms with Crippen molar-refractivity contribution < 1.29 is 10.6 Å². The molecule has 0 saturated heterocycles. The van der Waals surface area contributed by atoms with Gasteiger partial charge in [0.15, 0.2) is 0 Å². The lowest BCUT2D eigenvalue weighted by Crippen LogP contribution is -1.80. The van der Waals surface area contributed by atoms with Crippen LogP contribution in [0.5, 0.6) is 5.75 Å². The number of phenolic OH excluding ortho intramolecular Hbond substituents is 1. The highest BCUT2D eigenvalue weighted by atomic mass is 16.3. The summed E-state index contributed by atoms with van der Waals surface area (Å²) in [4.78, 5) is 0. The highest BCUT2D eigenvalue weighted by molar-refractivity contribution is 5.74. The normalized spacial score (nSPS) is 13.7. The maximum atomic E-state index is 9.50. The van der Waals surface area contributed by atoms with E-state index in [4.69, 9.17) is 0 Å². The molecule has 0 saturated carbocycles. The molecule has 2 rings (SSSR count). The van der Waals surface area contributed by atoms with E-state index in [2.05, 4.69) is 6.08 Å². The summed E-state index contributed by atoms with van der Waals surface area (Å²) in [5, 5.41) is 9.50. The second kappa shape index (κ2) is 3.92. The summed E-state index contributed by atoms with van der Waals surface area (Å²) in [7, 11) is 0. The Labute approximate surface area is 77.1 Å². The Bertz CT molecular complexity index is 351. The average Bonchev–Trinajstić information content (AvgIpc) is 2.57. The van der Waals surface area contributed by atoms with Gasteiger partial charge in [-0.1, -0.05) is 36.4 Å². The Kier molecular flexibility index (Phi) is 2.88. The lowest BCUT2D eigenvalue weighted by Gasteiger charge is -2.03. The highest BCUT2D eigenvalue weighted by Gasteiger charge is 2.06. The van der Waals surface area contributed by atoms with Crippen molar-refractivity contribution in [3.63, 3.8) is 0 Å². The third-order valence-electron chi connectivity index (χ3n) is 2.02.